The second-order valence-corrected chi connectivity index (χ2v) is 4.57. The molecule has 0 radical (unpaired) electrons. The van der Waals surface area contributed by atoms with E-state index in [0.29, 0.717) is 23.5 Å². The SMILES string of the molecule is COc1ccc(C(=O)Cc2cc(C)nn2C)cc1OC. The summed E-state index contributed by atoms with van der Waals surface area (Å²) in [5, 5.41) is 4.24. The van der Waals surface area contributed by atoms with Gasteiger partial charge < -0.3 is 9.47 Å². The largest absolute Gasteiger partial charge is 0.493 e. The van der Waals surface area contributed by atoms with Crippen LogP contribution >= 0.6 is 0 Å². The Hall–Kier alpha value is -2.30. The van der Waals surface area contributed by atoms with Crippen LogP contribution in [0.3, 0.4) is 0 Å². The summed E-state index contributed by atoms with van der Waals surface area (Å²) in [6.45, 7) is 1.91. The Morgan fingerprint density at radius 2 is 1.90 bits per heavy atom. The fraction of sp³-hybridized carbons (Fsp3) is 0.333. The van der Waals surface area contributed by atoms with Crippen LogP contribution in [-0.4, -0.2) is 29.8 Å². The van der Waals surface area contributed by atoms with E-state index in [1.165, 1.54) is 0 Å². The molecule has 2 rings (SSSR count). The molecule has 0 spiro atoms. The number of ketones is 1. The Labute approximate surface area is 118 Å². The molecule has 2 aromatic rings. The van der Waals surface area contributed by atoms with Crippen molar-refractivity contribution in [2.75, 3.05) is 14.2 Å². The highest BCUT2D eigenvalue weighted by Gasteiger charge is 2.13. The van der Waals surface area contributed by atoms with Gasteiger partial charge in [-0.3, -0.25) is 9.48 Å². The normalized spacial score (nSPS) is 10.4. The van der Waals surface area contributed by atoms with Crippen LogP contribution in [0.25, 0.3) is 0 Å². The number of hydrogen-bond donors (Lipinski definition) is 0. The van der Waals surface area contributed by atoms with Gasteiger partial charge in [0.1, 0.15) is 0 Å². The van der Waals surface area contributed by atoms with Crippen LogP contribution in [0.15, 0.2) is 24.3 Å². The molecule has 0 N–H and O–H groups in total. The summed E-state index contributed by atoms with van der Waals surface area (Å²) < 4.78 is 12.1. The Morgan fingerprint density at radius 1 is 1.20 bits per heavy atom. The van der Waals surface area contributed by atoms with Gasteiger partial charge in [-0.25, -0.2) is 0 Å². The molecule has 1 aromatic heterocycles. The minimum Gasteiger partial charge on any atom is -0.493 e. The predicted octanol–water partition coefficient (Wildman–Crippen LogP) is 2.17. The van der Waals surface area contributed by atoms with Crippen LogP contribution < -0.4 is 9.47 Å². The number of rotatable bonds is 5. The van der Waals surface area contributed by atoms with Crippen molar-refractivity contribution in [2.45, 2.75) is 13.3 Å². The first-order chi connectivity index (χ1) is 9.55. The summed E-state index contributed by atoms with van der Waals surface area (Å²) in [6, 6.07) is 7.09. The summed E-state index contributed by atoms with van der Waals surface area (Å²) in [7, 11) is 4.96. The molecule has 0 fully saturated rings. The number of nitrogens with zero attached hydrogens (tertiary/aromatic N) is 2. The number of carbonyl (C=O) groups is 1. The van der Waals surface area contributed by atoms with Gasteiger partial charge in [0.05, 0.1) is 26.3 Å². The Kier molecular flexibility index (Phi) is 4.08. The fourth-order valence-corrected chi connectivity index (χ4v) is 2.11. The van der Waals surface area contributed by atoms with E-state index in [1.807, 2.05) is 20.0 Å². The second-order valence-electron chi connectivity index (χ2n) is 4.57. The maximum atomic E-state index is 12.3. The van der Waals surface area contributed by atoms with E-state index in [2.05, 4.69) is 5.10 Å². The molecule has 106 valence electrons. The van der Waals surface area contributed by atoms with Crippen molar-refractivity contribution in [3.05, 3.63) is 41.2 Å². The standard InChI is InChI=1S/C15H18N2O3/c1-10-7-12(17(2)16-10)9-13(18)11-5-6-14(19-3)15(8-11)20-4/h5-8H,9H2,1-4H3. The van der Waals surface area contributed by atoms with Gasteiger partial charge in [0.2, 0.25) is 0 Å². The maximum absolute atomic E-state index is 12.3. The molecule has 20 heavy (non-hydrogen) atoms. The number of ether oxygens (including phenoxy) is 2. The van der Waals surface area contributed by atoms with Crippen molar-refractivity contribution in [3.8, 4) is 11.5 Å². The van der Waals surface area contributed by atoms with Crippen LogP contribution in [0.4, 0.5) is 0 Å². The first-order valence-corrected chi connectivity index (χ1v) is 6.30. The van der Waals surface area contributed by atoms with Crippen LogP contribution in [0.2, 0.25) is 0 Å². The van der Waals surface area contributed by atoms with E-state index in [4.69, 9.17) is 9.47 Å². The highest BCUT2D eigenvalue weighted by Crippen LogP contribution is 2.28. The smallest absolute Gasteiger partial charge is 0.168 e. The highest BCUT2D eigenvalue weighted by molar-refractivity contribution is 5.97. The van der Waals surface area contributed by atoms with Crippen molar-refractivity contribution in [1.82, 2.24) is 9.78 Å². The third-order valence-electron chi connectivity index (χ3n) is 3.15. The quantitative estimate of drug-likeness (QED) is 0.784. The Morgan fingerprint density at radius 3 is 2.45 bits per heavy atom. The van der Waals surface area contributed by atoms with Gasteiger partial charge >= 0.3 is 0 Å². The molecule has 0 aliphatic heterocycles. The van der Waals surface area contributed by atoms with Gasteiger partial charge in [-0.1, -0.05) is 0 Å². The number of Topliss-reactive ketones (excluding diaryl/α,β-unsaturated/α-hetero) is 1. The molecular formula is C15H18N2O3. The van der Waals surface area contributed by atoms with Crippen molar-refractivity contribution in [3.63, 3.8) is 0 Å². The molecule has 0 unspecified atom stereocenters. The van der Waals surface area contributed by atoms with E-state index in [9.17, 15) is 4.79 Å². The monoisotopic (exact) mass is 274 g/mol. The van der Waals surface area contributed by atoms with Crippen molar-refractivity contribution in [1.29, 1.82) is 0 Å². The van der Waals surface area contributed by atoms with Crippen LogP contribution in [-0.2, 0) is 13.5 Å². The molecule has 0 atom stereocenters. The molecule has 0 amide bonds. The number of carbonyl (C=O) groups excluding carboxylic acids is 1. The fourth-order valence-electron chi connectivity index (χ4n) is 2.11. The molecule has 1 aromatic carbocycles. The van der Waals surface area contributed by atoms with E-state index in [1.54, 1.807) is 37.1 Å². The summed E-state index contributed by atoms with van der Waals surface area (Å²) in [5.74, 6) is 1.19. The summed E-state index contributed by atoms with van der Waals surface area (Å²) in [5.41, 5.74) is 2.39. The molecule has 0 saturated carbocycles. The van der Waals surface area contributed by atoms with E-state index in [-0.39, 0.29) is 5.78 Å². The number of aryl methyl sites for hydroxylation is 2. The molecule has 0 aliphatic carbocycles. The molecule has 0 bridgehead atoms. The third-order valence-corrected chi connectivity index (χ3v) is 3.15. The zero-order chi connectivity index (χ0) is 14.7. The van der Waals surface area contributed by atoms with Gasteiger partial charge in [0, 0.05) is 18.3 Å². The van der Waals surface area contributed by atoms with Crippen LogP contribution in [0.5, 0.6) is 11.5 Å². The second kappa shape index (κ2) is 5.77. The minimum atomic E-state index is 0.0222. The number of methoxy groups -OCH3 is 2. The van der Waals surface area contributed by atoms with Gasteiger partial charge in [0.25, 0.3) is 0 Å². The summed E-state index contributed by atoms with van der Waals surface area (Å²) >= 11 is 0. The van der Waals surface area contributed by atoms with Crippen LogP contribution in [0, 0.1) is 6.92 Å². The lowest BCUT2D eigenvalue weighted by molar-refractivity contribution is 0.0990. The van der Waals surface area contributed by atoms with Gasteiger partial charge in [-0.05, 0) is 31.2 Å². The van der Waals surface area contributed by atoms with Crippen molar-refractivity contribution in [2.24, 2.45) is 7.05 Å². The average Bonchev–Trinajstić information content (AvgIpc) is 2.75. The maximum Gasteiger partial charge on any atom is 0.168 e. The molecule has 5 nitrogen and oxygen atoms in total. The van der Waals surface area contributed by atoms with Gasteiger partial charge in [-0.2, -0.15) is 5.10 Å². The zero-order valence-electron chi connectivity index (χ0n) is 12.1. The molecule has 0 saturated heterocycles. The molecule has 1 heterocycles. The Balaban J connectivity index is 2.23. The predicted molar refractivity (Wildman–Crippen MR) is 75.5 cm³/mol. The van der Waals surface area contributed by atoms with Crippen molar-refractivity contribution >= 4 is 5.78 Å². The number of benzene rings is 1. The topological polar surface area (TPSA) is 53.3 Å². The number of aromatic nitrogens is 2. The van der Waals surface area contributed by atoms with E-state index in [0.717, 1.165) is 11.4 Å². The lowest BCUT2D eigenvalue weighted by Crippen LogP contribution is -2.08. The van der Waals surface area contributed by atoms with Crippen molar-refractivity contribution < 1.29 is 14.3 Å². The minimum absolute atomic E-state index is 0.0222. The third kappa shape index (κ3) is 2.82. The van der Waals surface area contributed by atoms with E-state index >= 15 is 0 Å². The molecule has 0 aliphatic rings. The first-order valence-electron chi connectivity index (χ1n) is 6.30. The lowest BCUT2D eigenvalue weighted by Gasteiger charge is -2.09. The average molecular weight is 274 g/mol. The number of hydrogen-bond acceptors (Lipinski definition) is 4. The highest BCUT2D eigenvalue weighted by atomic mass is 16.5. The van der Waals surface area contributed by atoms with Gasteiger partial charge in [0.15, 0.2) is 17.3 Å². The summed E-state index contributed by atoms with van der Waals surface area (Å²) in [4.78, 5) is 12.3. The summed E-state index contributed by atoms with van der Waals surface area (Å²) in [6.07, 6.45) is 0.312. The zero-order valence-corrected chi connectivity index (χ0v) is 12.1. The lowest BCUT2D eigenvalue weighted by atomic mass is 10.1. The Bertz CT molecular complexity index is 632. The van der Waals surface area contributed by atoms with E-state index < -0.39 is 0 Å². The molecular weight excluding hydrogens is 256 g/mol. The van der Waals surface area contributed by atoms with Gasteiger partial charge in [-0.15, -0.1) is 0 Å². The first kappa shape index (κ1) is 14.1. The molecule has 5 heteroatoms. The van der Waals surface area contributed by atoms with Crippen LogP contribution in [0.1, 0.15) is 21.7 Å².